The van der Waals surface area contributed by atoms with E-state index in [4.69, 9.17) is 0 Å². The molecule has 0 bridgehead atoms. The zero-order chi connectivity index (χ0) is 4.12. The second-order valence-corrected chi connectivity index (χ2v) is 0.946. The van der Waals surface area contributed by atoms with E-state index >= 15 is 0 Å². The lowest BCUT2D eigenvalue weighted by Gasteiger charge is -1.65. The smallest absolute Gasteiger partial charge is 0.0608 e. The Morgan fingerprint density at radius 2 is 1.75 bits per heavy atom. The zero-order valence-electron chi connectivity index (χ0n) is 4.16. The molecule has 0 aromatic carbocycles. The Labute approximate surface area is 70.5 Å². The third kappa shape index (κ3) is 29.8. The molecule has 52 valence electrons. The second-order valence-electron chi connectivity index (χ2n) is 0.629. The molecule has 0 heterocycles. The predicted molar refractivity (Wildman–Crippen MR) is 47.6 cm³/mol. The van der Waals surface area contributed by atoms with Gasteiger partial charge >= 0.3 is 0 Å². The van der Waals surface area contributed by atoms with Crippen LogP contribution in [0.2, 0.25) is 0 Å². The number of halogens is 3. The number of nitrogens with zero attached hydrogens (tertiary/aromatic N) is 1. The van der Waals surface area contributed by atoms with Gasteiger partial charge in [-0.15, -0.1) is 43.8 Å². The topological polar surface area (TPSA) is 12.4 Å². The molecule has 1 nitrogen and oxygen atoms in total. The molecule has 0 atom stereocenters. The second kappa shape index (κ2) is 25.2. The highest BCUT2D eigenvalue weighted by atomic mass is 35.5. The highest BCUT2D eigenvalue weighted by molar-refractivity contribution is 7.03. The summed E-state index contributed by atoms with van der Waals surface area (Å²) < 4.78 is 3.54. The maximum atomic E-state index is 3.54. The van der Waals surface area contributed by atoms with Gasteiger partial charge in [-0.2, -0.15) is 0 Å². The SMILES string of the molecule is C=CCN=P.Cl.Cl.Cl. The Morgan fingerprint density at radius 1 is 1.38 bits per heavy atom. The summed E-state index contributed by atoms with van der Waals surface area (Å²) in [5.74, 6) is 0. The summed E-state index contributed by atoms with van der Waals surface area (Å²) in [5, 5.41) is 0. The van der Waals surface area contributed by atoms with E-state index < -0.39 is 0 Å². The molecule has 0 aliphatic heterocycles. The van der Waals surface area contributed by atoms with Crippen LogP contribution < -0.4 is 0 Å². The molecule has 8 heavy (non-hydrogen) atoms. The van der Waals surface area contributed by atoms with Crippen molar-refractivity contribution in [3.05, 3.63) is 12.7 Å². The van der Waals surface area contributed by atoms with E-state index in [-0.39, 0.29) is 37.2 Å². The van der Waals surface area contributed by atoms with Crippen LogP contribution in [0.1, 0.15) is 0 Å². The summed E-state index contributed by atoms with van der Waals surface area (Å²) in [6.07, 6.45) is 1.72. The number of hydrogen-bond acceptors (Lipinski definition) is 1. The highest BCUT2D eigenvalue weighted by Gasteiger charge is 1.52. The third-order valence-electron chi connectivity index (χ3n) is 0.220. The van der Waals surface area contributed by atoms with Crippen LogP contribution in [0.25, 0.3) is 0 Å². The highest BCUT2D eigenvalue weighted by Crippen LogP contribution is 1.70. The summed E-state index contributed by atoms with van der Waals surface area (Å²) >= 11 is 0. The molecule has 0 saturated carbocycles. The van der Waals surface area contributed by atoms with E-state index in [0.717, 1.165) is 0 Å². The summed E-state index contributed by atoms with van der Waals surface area (Å²) in [7, 11) is 2.90. The molecule has 0 aliphatic carbocycles. The lowest BCUT2D eigenvalue weighted by molar-refractivity contribution is 1.29. The Morgan fingerprint density at radius 3 is 1.75 bits per heavy atom. The van der Waals surface area contributed by atoms with Crippen molar-refractivity contribution >= 4 is 46.3 Å². The van der Waals surface area contributed by atoms with Crippen molar-refractivity contribution in [1.29, 1.82) is 0 Å². The van der Waals surface area contributed by atoms with Crippen LogP contribution in [-0.4, -0.2) is 6.54 Å². The van der Waals surface area contributed by atoms with Gasteiger partial charge in [0.05, 0.1) is 6.54 Å². The Balaban J connectivity index is -0.0000000267. The van der Waals surface area contributed by atoms with Crippen LogP contribution in [0, 0.1) is 0 Å². The fourth-order valence-electron chi connectivity index (χ4n) is 0.0645. The van der Waals surface area contributed by atoms with Gasteiger partial charge in [-0.1, -0.05) is 6.08 Å². The Hall–Kier alpha value is 0.710. The van der Waals surface area contributed by atoms with Crippen molar-refractivity contribution in [3.63, 3.8) is 0 Å². The predicted octanol–water partition coefficient (Wildman–Crippen LogP) is 2.76. The Bertz CT molecular complexity index is 43.8. The van der Waals surface area contributed by atoms with Crippen molar-refractivity contribution in [2.45, 2.75) is 0 Å². The average Bonchev–Trinajstić information content (AvgIpc) is 1.41. The molecule has 0 radical (unpaired) electrons. The fraction of sp³-hybridized carbons (Fsp3) is 0.333. The molecule has 0 fully saturated rings. The van der Waals surface area contributed by atoms with Gasteiger partial charge in [-0.25, -0.2) is 0 Å². The largest absolute Gasteiger partial charge is 0.268 e. The first-order valence-corrected chi connectivity index (χ1v) is 1.80. The van der Waals surface area contributed by atoms with Gasteiger partial charge in [-0.3, -0.25) is 4.74 Å². The molecule has 0 spiro atoms. The monoisotopic (exact) mass is 195 g/mol. The molecule has 0 N–H and O–H groups in total. The standard InChI is InChI=1S/C3H6NP.3ClH/c1-2-3-4-5;;;/h2,5H,1,3H2;3*1H. The minimum absolute atomic E-state index is 0. The third-order valence-corrected chi connectivity index (χ3v) is 0.403. The first-order valence-electron chi connectivity index (χ1n) is 1.36. The Kier molecular flexibility index (Phi) is 73.6. The van der Waals surface area contributed by atoms with Gasteiger partial charge in [0.2, 0.25) is 0 Å². The van der Waals surface area contributed by atoms with Crippen LogP contribution in [0.3, 0.4) is 0 Å². The average molecular weight is 196 g/mol. The van der Waals surface area contributed by atoms with E-state index in [2.05, 4.69) is 20.4 Å². The van der Waals surface area contributed by atoms with E-state index in [1.165, 1.54) is 0 Å². The van der Waals surface area contributed by atoms with E-state index in [1.54, 1.807) is 6.08 Å². The lowest BCUT2D eigenvalue weighted by atomic mass is 10.7. The molecule has 0 aromatic heterocycles. The van der Waals surface area contributed by atoms with E-state index in [0.29, 0.717) is 6.54 Å². The minimum Gasteiger partial charge on any atom is -0.268 e. The number of rotatable bonds is 2. The van der Waals surface area contributed by atoms with Gasteiger partial charge in [0, 0.05) is 0 Å². The van der Waals surface area contributed by atoms with Crippen molar-refractivity contribution in [3.8, 4) is 0 Å². The molecule has 0 amide bonds. The van der Waals surface area contributed by atoms with Gasteiger partial charge in [0.25, 0.3) is 0 Å². The van der Waals surface area contributed by atoms with Crippen LogP contribution >= 0.6 is 46.3 Å². The van der Waals surface area contributed by atoms with Crippen LogP contribution in [0.5, 0.6) is 0 Å². The molecular weight excluding hydrogens is 187 g/mol. The van der Waals surface area contributed by atoms with Gasteiger partial charge in [-0.05, 0) is 9.03 Å². The fourth-order valence-corrected chi connectivity index (χ4v) is 0.194. The molecule has 0 unspecified atom stereocenters. The quantitative estimate of drug-likeness (QED) is 0.476. The maximum Gasteiger partial charge on any atom is 0.0608 e. The lowest BCUT2D eigenvalue weighted by Crippen LogP contribution is -1.56. The van der Waals surface area contributed by atoms with Gasteiger partial charge in [0.15, 0.2) is 0 Å². The van der Waals surface area contributed by atoms with Crippen molar-refractivity contribution < 1.29 is 0 Å². The molecule has 0 rings (SSSR count). The van der Waals surface area contributed by atoms with Crippen LogP contribution in [0.15, 0.2) is 17.4 Å². The van der Waals surface area contributed by atoms with Gasteiger partial charge in [0.1, 0.15) is 0 Å². The first-order chi connectivity index (χ1) is 2.41. The summed E-state index contributed by atoms with van der Waals surface area (Å²) in [5.41, 5.74) is 0. The van der Waals surface area contributed by atoms with Crippen LogP contribution in [-0.2, 0) is 0 Å². The zero-order valence-corrected chi connectivity index (χ0v) is 7.61. The van der Waals surface area contributed by atoms with Crippen molar-refractivity contribution in [2.24, 2.45) is 4.74 Å². The van der Waals surface area contributed by atoms with Crippen LogP contribution in [0.4, 0.5) is 0 Å². The van der Waals surface area contributed by atoms with Gasteiger partial charge < -0.3 is 0 Å². The molecule has 5 heteroatoms. The molecule has 0 aliphatic rings. The molecule has 0 aromatic rings. The minimum atomic E-state index is 0. The number of hydrogen-bond donors (Lipinski definition) is 0. The molecule has 0 saturated heterocycles. The first kappa shape index (κ1) is 23.3. The van der Waals surface area contributed by atoms with Crippen molar-refractivity contribution in [2.75, 3.05) is 6.54 Å². The van der Waals surface area contributed by atoms with E-state index in [9.17, 15) is 0 Å². The van der Waals surface area contributed by atoms with E-state index in [1.807, 2.05) is 0 Å². The summed E-state index contributed by atoms with van der Waals surface area (Å²) in [6, 6.07) is 0. The maximum absolute atomic E-state index is 3.54. The molecular formula is C3H9Cl3NP. The van der Waals surface area contributed by atoms with Crippen molar-refractivity contribution in [1.82, 2.24) is 0 Å². The summed E-state index contributed by atoms with van der Waals surface area (Å²) in [6.45, 7) is 4.12. The normalized spacial score (nSPS) is 4.00. The summed E-state index contributed by atoms with van der Waals surface area (Å²) in [4.78, 5) is 0.